The molecule has 0 heterocycles. The topological polar surface area (TPSA) is 78.9 Å². The van der Waals surface area contributed by atoms with Crippen molar-refractivity contribution < 1.29 is 28.6 Å². The highest BCUT2D eigenvalue weighted by Gasteiger charge is 2.28. The Morgan fingerprint density at radius 3 is 1.79 bits per heavy atom. The van der Waals surface area contributed by atoms with Crippen molar-refractivity contribution in [2.75, 3.05) is 6.61 Å². The van der Waals surface area contributed by atoms with Gasteiger partial charge < -0.3 is 14.2 Å². The van der Waals surface area contributed by atoms with E-state index >= 15 is 0 Å². The third-order valence-electron chi connectivity index (χ3n) is 5.61. The molecule has 0 amide bonds. The number of hydrogen-bond donors (Lipinski definition) is 0. The van der Waals surface area contributed by atoms with E-state index in [1.165, 1.54) is 6.08 Å². The Morgan fingerprint density at radius 2 is 1.31 bits per heavy atom. The summed E-state index contributed by atoms with van der Waals surface area (Å²) in [6.45, 7) is 20.6. The predicted octanol–water partition coefficient (Wildman–Crippen LogP) is 7.34. The number of ketones is 1. The molecule has 208 valence electrons. The van der Waals surface area contributed by atoms with Crippen LogP contribution in [0.5, 0.6) is 17.2 Å². The normalized spacial score (nSPS) is 11.7. The summed E-state index contributed by atoms with van der Waals surface area (Å²) in [5.74, 6) is 0.162. The maximum Gasteiger partial charge on any atom is 0.316 e. The summed E-state index contributed by atoms with van der Waals surface area (Å²) < 4.78 is 17.3. The van der Waals surface area contributed by atoms with Gasteiger partial charge in [-0.15, -0.1) is 13.2 Å². The third-order valence-corrected chi connectivity index (χ3v) is 5.61. The van der Waals surface area contributed by atoms with Gasteiger partial charge in [-0.1, -0.05) is 12.2 Å². The summed E-state index contributed by atoms with van der Waals surface area (Å²) in [7, 11) is 0. The van der Waals surface area contributed by atoms with Gasteiger partial charge in [-0.2, -0.15) is 0 Å². The van der Waals surface area contributed by atoms with Crippen LogP contribution < -0.4 is 14.2 Å². The van der Waals surface area contributed by atoms with Gasteiger partial charge in [-0.25, -0.2) is 0 Å². The third kappa shape index (κ3) is 8.54. The Labute approximate surface area is 232 Å². The van der Waals surface area contributed by atoms with E-state index in [1.54, 1.807) is 84.0 Å². The lowest BCUT2D eigenvalue weighted by atomic mass is 9.95. The molecule has 6 heteroatoms. The Bertz CT molecular complexity index is 1250. The van der Waals surface area contributed by atoms with E-state index in [0.717, 1.165) is 11.1 Å². The molecule has 0 unspecified atom stereocenters. The Morgan fingerprint density at radius 1 is 0.795 bits per heavy atom. The summed E-state index contributed by atoms with van der Waals surface area (Å²) in [6.07, 6.45) is 7.50. The fraction of sp³-hybridized carbons (Fsp3) is 0.364. The molecule has 2 aromatic carbocycles. The van der Waals surface area contributed by atoms with Gasteiger partial charge in [0.15, 0.2) is 5.78 Å². The van der Waals surface area contributed by atoms with Gasteiger partial charge in [-0.3, -0.25) is 14.4 Å². The standard InChI is InChI=1S/C33H40O6/c1-10-13-23-21-24(14-11-2)29(39-31(36)33(7,8)9)26(28(23)37-12-3)19-20-27(34)22-15-17-25(18-16-22)38-30(35)32(4,5)6/h10-11,15-21H,1-2,12-14H2,3-9H3/b20-19+. The average Bonchev–Trinajstić information content (AvgIpc) is 2.85. The molecule has 0 aliphatic heterocycles. The molecule has 0 atom stereocenters. The van der Waals surface area contributed by atoms with Crippen molar-refractivity contribution in [3.05, 3.63) is 84.0 Å². The van der Waals surface area contributed by atoms with Gasteiger partial charge in [0, 0.05) is 5.56 Å². The Kier molecular flexibility index (Phi) is 10.6. The van der Waals surface area contributed by atoms with Crippen LogP contribution in [0.4, 0.5) is 0 Å². The van der Waals surface area contributed by atoms with Crippen LogP contribution in [0.15, 0.2) is 61.7 Å². The summed E-state index contributed by atoms with van der Waals surface area (Å²) in [4.78, 5) is 38.2. The lowest BCUT2D eigenvalue weighted by molar-refractivity contribution is -0.143. The second-order valence-electron chi connectivity index (χ2n) is 11.2. The minimum absolute atomic E-state index is 0.279. The van der Waals surface area contributed by atoms with E-state index in [0.29, 0.717) is 47.8 Å². The smallest absolute Gasteiger partial charge is 0.316 e. The first-order valence-electron chi connectivity index (χ1n) is 13.0. The number of allylic oxidation sites excluding steroid dienone is 3. The summed E-state index contributed by atoms with van der Waals surface area (Å²) in [5.41, 5.74) is 1.12. The second-order valence-corrected chi connectivity index (χ2v) is 11.2. The van der Waals surface area contributed by atoms with Crippen molar-refractivity contribution in [1.29, 1.82) is 0 Å². The first-order valence-corrected chi connectivity index (χ1v) is 13.0. The highest BCUT2D eigenvalue weighted by Crippen LogP contribution is 2.39. The first kappa shape index (κ1) is 31.3. The molecule has 0 aromatic heterocycles. The number of hydrogen-bond acceptors (Lipinski definition) is 6. The number of esters is 2. The quantitative estimate of drug-likeness (QED) is 0.0990. The number of carbonyl (C=O) groups excluding carboxylic acids is 3. The van der Waals surface area contributed by atoms with Crippen LogP contribution in [0, 0.1) is 10.8 Å². The summed E-state index contributed by atoms with van der Waals surface area (Å²) in [6, 6.07) is 8.29. The fourth-order valence-corrected chi connectivity index (χ4v) is 3.44. The van der Waals surface area contributed by atoms with Crippen LogP contribution in [-0.4, -0.2) is 24.3 Å². The molecule has 0 spiro atoms. The average molecular weight is 533 g/mol. The van der Waals surface area contributed by atoms with Gasteiger partial charge in [0.25, 0.3) is 0 Å². The van der Waals surface area contributed by atoms with Gasteiger partial charge in [-0.05, 0) is 115 Å². The molecular formula is C33H40O6. The van der Waals surface area contributed by atoms with E-state index in [-0.39, 0.29) is 11.8 Å². The molecule has 0 fully saturated rings. The van der Waals surface area contributed by atoms with Crippen molar-refractivity contribution in [2.45, 2.75) is 61.3 Å². The summed E-state index contributed by atoms with van der Waals surface area (Å²) >= 11 is 0. The SMILES string of the molecule is C=CCc1cc(CC=C)c(OC(=O)C(C)(C)C)c(/C=C/C(=O)c2ccc(OC(=O)C(C)(C)C)cc2)c1OCC. The van der Waals surface area contributed by atoms with Crippen LogP contribution in [0.1, 0.15) is 75.5 Å². The minimum atomic E-state index is -0.744. The van der Waals surface area contributed by atoms with E-state index < -0.39 is 16.8 Å². The lowest BCUT2D eigenvalue weighted by Crippen LogP contribution is -2.26. The van der Waals surface area contributed by atoms with Crippen molar-refractivity contribution in [1.82, 2.24) is 0 Å². The Hall–Kier alpha value is -3.93. The van der Waals surface area contributed by atoms with Crippen molar-refractivity contribution >= 4 is 23.8 Å². The van der Waals surface area contributed by atoms with Crippen LogP contribution in [0.2, 0.25) is 0 Å². The van der Waals surface area contributed by atoms with Crippen LogP contribution in [-0.2, 0) is 22.4 Å². The fourth-order valence-electron chi connectivity index (χ4n) is 3.44. The van der Waals surface area contributed by atoms with Crippen LogP contribution in [0.25, 0.3) is 6.08 Å². The molecule has 0 aliphatic carbocycles. The molecule has 2 aromatic rings. The van der Waals surface area contributed by atoms with E-state index in [2.05, 4.69) is 13.2 Å². The zero-order valence-electron chi connectivity index (χ0n) is 24.2. The molecule has 0 N–H and O–H groups in total. The van der Waals surface area contributed by atoms with Crippen LogP contribution >= 0.6 is 0 Å². The molecule has 0 saturated carbocycles. The predicted molar refractivity (Wildman–Crippen MR) is 155 cm³/mol. The highest BCUT2D eigenvalue weighted by atomic mass is 16.5. The van der Waals surface area contributed by atoms with Gasteiger partial charge in [0.1, 0.15) is 17.2 Å². The molecule has 6 nitrogen and oxygen atoms in total. The molecule has 0 aliphatic rings. The molecule has 2 rings (SSSR count). The van der Waals surface area contributed by atoms with Gasteiger partial charge in [0.2, 0.25) is 0 Å². The second kappa shape index (κ2) is 13.2. The first-order chi connectivity index (χ1) is 18.2. The molecule has 0 radical (unpaired) electrons. The maximum atomic E-state index is 13.1. The molecule has 0 bridgehead atoms. The number of rotatable bonds is 11. The summed E-state index contributed by atoms with van der Waals surface area (Å²) in [5, 5.41) is 0. The van der Waals surface area contributed by atoms with Crippen LogP contribution in [0.3, 0.4) is 0 Å². The van der Waals surface area contributed by atoms with Crippen molar-refractivity contribution in [3.8, 4) is 17.2 Å². The number of ether oxygens (including phenoxy) is 3. The monoisotopic (exact) mass is 532 g/mol. The number of carbonyl (C=O) groups is 3. The molecule has 0 saturated heterocycles. The van der Waals surface area contributed by atoms with E-state index in [9.17, 15) is 14.4 Å². The van der Waals surface area contributed by atoms with Crippen molar-refractivity contribution in [2.24, 2.45) is 10.8 Å². The number of benzene rings is 2. The lowest BCUT2D eigenvalue weighted by Gasteiger charge is -2.22. The minimum Gasteiger partial charge on any atom is -0.493 e. The van der Waals surface area contributed by atoms with Gasteiger partial charge in [0.05, 0.1) is 23.0 Å². The Balaban J connectivity index is 2.56. The molecule has 39 heavy (non-hydrogen) atoms. The van der Waals surface area contributed by atoms with E-state index in [1.807, 2.05) is 13.0 Å². The molecular weight excluding hydrogens is 492 g/mol. The van der Waals surface area contributed by atoms with Gasteiger partial charge >= 0.3 is 11.9 Å². The zero-order chi connectivity index (χ0) is 29.4. The highest BCUT2D eigenvalue weighted by molar-refractivity contribution is 6.07. The van der Waals surface area contributed by atoms with E-state index in [4.69, 9.17) is 14.2 Å². The maximum absolute atomic E-state index is 13.1. The van der Waals surface area contributed by atoms with Crippen molar-refractivity contribution in [3.63, 3.8) is 0 Å². The zero-order valence-corrected chi connectivity index (χ0v) is 24.2. The largest absolute Gasteiger partial charge is 0.493 e.